The second-order valence-electron chi connectivity index (χ2n) is 6.95. The molecule has 0 saturated carbocycles. The van der Waals surface area contributed by atoms with Gasteiger partial charge in [-0.3, -0.25) is 9.78 Å². The van der Waals surface area contributed by atoms with Crippen LogP contribution in [0.3, 0.4) is 0 Å². The Morgan fingerprint density at radius 3 is 2.83 bits per heavy atom. The molecule has 2 saturated heterocycles. The lowest BCUT2D eigenvalue weighted by Crippen LogP contribution is -2.34. The van der Waals surface area contributed by atoms with Crippen molar-refractivity contribution in [1.29, 1.82) is 0 Å². The monoisotopic (exact) mass is 316 g/mol. The van der Waals surface area contributed by atoms with Crippen LogP contribution in [0.15, 0.2) is 18.2 Å². The van der Waals surface area contributed by atoms with E-state index in [-0.39, 0.29) is 5.92 Å². The summed E-state index contributed by atoms with van der Waals surface area (Å²) in [7, 11) is 0. The van der Waals surface area contributed by atoms with Crippen LogP contribution in [0.5, 0.6) is 0 Å². The van der Waals surface area contributed by atoms with Crippen LogP contribution < -0.4 is 0 Å². The van der Waals surface area contributed by atoms with E-state index in [0.717, 1.165) is 44.8 Å². The summed E-state index contributed by atoms with van der Waals surface area (Å²) in [5, 5.41) is 0. The second kappa shape index (κ2) is 8.02. The highest BCUT2D eigenvalue weighted by molar-refractivity contribution is 5.81. The van der Waals surface area contributed by atoms with E-state index in [1.54, 1.807) is 0 Å². The van der Waals surface area contributed by atoms with Gasteiger partial charge in [-0.05, 0) is 64.4 Å². The van der Waals surface area contributed by atoms with E-state index in [1.807, 2.05) is 0 Å². The molecule has 23 heavy (non-hydrogen) atoms. The van der Waals surface area contributed by atoms with E-state index in [0.29, 0.717) is 24.7 Å². The van der Waals surface area contributed by atoms with Crippen LogP contribution in [0.1, 0.15) is 49.4 Å². The Morgan fingerprint density at radius 1 is 1.30 bits per heavy atom. The lowest BCUT2D eigenvalue weighted by molar-refractivity contribution is -0.123. The summed E-state index contributed by atoms with van der Waals surface area (Å²) in [5.74, 6) is 1.18. The Bertz CT molecular complexity index is 518. The van der Waals surface area contributed by atoms with Gasteiger partial charge < -0.3 is 9.64 Å². The van der Waals surface area contributed by atoms with Gasteiger partial charge in [-0.15, -0.1) is 0 Å². The van der Waals surface area contributed by atoms with E-state index in [1.165, 1.54) is 18.5 Å². The van der Waals surface area contributed by atoms with Gasteiger partial charge in [0, 0.05) is 36.3 Å². The van der Waals surface area contributed by atoms with Crippen molar-refractivity contribution in [1.82, 2.24) is 9.88 Å². The van der Waals surface area contributed by atoms with Gasteiger partial charge in [0.05, 0.1) is 6.61 Å². The third-order valence-corrected chi connectivity index (χ3v) is 5.20. The molecule has 0 N–H and O–H groups in total. The minimum Gasteiger partial charge on any atom is -0.381 e. The van der Waals surface area contributed by atoms with Crippen LogP contribution in [0.2, 0.25) is 0 Å². The number of nitrogens with zero attached hydrogens (tertiary/aromatic N) is 2. The number of piperidine rings is 1. The van der Waals surface area contributed by atoms with Crippen molar-refractivity contribution in [3.8, 4) is 0 Å². The number of carbonyl (C=O) groups excluding carboxylic acids is 1. The Kier molecular flexibility index (Phi) is 5.79. The highest BCUT2D eigenvalue weighted by atomic mass is 16.5. The summed E-state index contributed by atoms with van der Waals surface area (Å²) in [4.78, 5) is 19.2. The number of ether oxygens (including phenoxy) is 1. The highest BCUT2D eigenvalue weighted by Gasteiger charge is 2.24. The fourth-order valence-corrected chi connectivity index (χ4v) is 3.71. The molecule has 1 unspecified atom stereocenters. The first-order chi connectivity index (χ1) is 11.2. The van der Waals surface area contributed by atoms with E-state index >= 15 is 0 Å². The Hall–Kier alpha value is -1.26. The molecule has 0 aromatic carbocycles. The lowest BCUT2D eigenvalue weighted by Gasteiger charge is -2.31. The van der Waals surface area contributed by atoms with Gasteiger partial charge in [-0.25, -0.2) is 0 Å². The summed E-state index contributed by atoms with van der Waals surface area (Å²) in [6.45, 7) is 6.77. The van der Waals surface area contributed by atoms with Gasteiger partial charge in [0.1, 0.15) is 5.78 Å². The molecule has 0 radical (unpaired) electrons. The minimum atomic E-state index is 0.174. The van der Waals surface area contributed by atoms with Crippen molar-refractivity contribution >= 4 is 5.78 Å². The summed E-state index contributed by atoms with van der Waals surface area (Å²) in [6, 6.07) is 6.34. The van der Waals surface area contributed by atoms with Crippen LogP contribution in [-0.2, 0) is 9.53 Å². The lowest BCUT2D eigenvalue weighted by atomic mass is 9.92. The van der Waals surface area contributed by atoms with E-state index in [4.69, 9.17) is 4.74 Å². The summed E-state index contributed by atoms with van der Waals surface area (Å²) in [5.41, 5.74) is 2.36. The number of carbonyl (C=O) groups is 1. The van der Waals surface area contributed by atoms with Crippen molar-refractivity contribution in [2.75, 3.05) is 32.8 Å². The van der Waals surface area contributed by atoms with Gasteiger partial charge in [0.25, 0.3) is 0 Å². The van der Waals surface area contributed by atoms with Gasteiger partial charge in [0.2, 0.25) is 0 Å². The molecule has 0 bridgehead atoms. The molecule has 2 aliphatic heterocycles. The Labute approximate surface area is 139 Å². The maximum atomic E-state index is 12.0. The van der Waals surface area contributed by atoms with Crippen LogP contribution in [-0.4, -0.2) is 48.5 Å². The predicted octanol–water partition coefficient (Wildman–Crippen LogP) is 2.96. The smallest absolute Gasteiger partial charge is 0.138 e. The van der Waals surface area contributed by atoms with E-state index < -0.39 is 0 Å². The SMILES string of the molecule is Cc1cccc(C2CCN(CCCC(=O)C3CCOC3)CC2)n1. The number of pyridine rings is 1. The number of aromatic nitrogens is 1. The molecular formula is C19H28N2O2. The normalized spacial score (nSPS) is 23.3. The van der Waals surface area contributed by atoms with Crippen LogP contribution in [0.25, 0.3) is 0 Å². The van der Waals surface area contributed by atoms with Crippen molar-refractivity contribution in [3.63, 3.8) is 0 Å². The molecule has 0 aliphatic carbocycles. The Morgan fingerprint density at radius 2 is 2.13 bits per heavy atom. The first kappa shape index (κ1) is 16.6. The largest absolute Gasteiger partial charge is 0.381 e. The average Bonchev–Trinajstić information content (AvgIpc) is 3.10. The summed E-state index contributed by atoms with van der Waals surface area (Å²) in [6.07, 6.45) is 4.99. The fourth-order valence-electron chi connectivity index (χ4n) is 3.71. The number of rotatable bonds is 6. The maximum absolute atomic E-state index is 12.0. The first-order valence-corrected chi connectivity index (χ1v) is 8.99. The first-order valence-electron chi connectivity index (χ1n) is 8.99. The standard InChI is InChI=1S/C19H28N2O2/c1-15-4-2-5-18(20-15)16-7-11-21(12-8-16)10-3-6-19(22)17-9-13-23-14-17/h2,4-5,16-17H,3,6-14H2,1H3. The number of hydrogen-bond donors (Lipinski definition) is 0. The topological polar surface area (TPSA) is 42.4 Å². The van der Waals surface area contributed by atoms with Crippen LogP contribution in [0, 0.1) is 12.8 Å². The van der Waals surface area contributed by atoms with E-state index in [9.17, 15) is 4.79 Å². The molecule has 3 heterocycles. The number of ketones is 1. The molecule has 0 spiro atoms. The van der Waals surface area contributed by atoms with Crippen molar-refractivity contribution in [2.45, 2.75) is 44.9 Å². The van der Waals surface area contributed by atoms with Gasteiger partial charge in [0.15, 0.2) is 0 Å². The van der Waals surface area contributed by atoms with Crippen LogP contribution in [0.4, 0.5) is 0 Å². The third-order valence-electron chi connectivity index (χ3n) is 5.20. The van der Waals surface area contributed by atoms with Crippen molar-refractivity contribution in [2.24, 2.45) is 5.92 Å². The molecule has 3 rings (SSSR count). The zero-order valence-corrected chi connectivity index (χ0v) is 14.2. The molecule has 4 heteroatoms. The maximum Gasteiger partial charge on any atom is 0.138 e. The molecule has 2 aliphatic rings. The highest BCUT2D eigenvalue weighted by Crippen LogP contribution is 2.27. The second-order valence-corrected chi connectivity index (χ2v) is 6.95. The zero-order chi connectivity index (χ0) is 16.1. The van der Waals surface area contributed by atoms with E-state index in [2.05, 4.69) is 35.0 Å². The quantitative estimate of drug-likeness (QED) is 0.809. The van der Waals surface area contributed by atoms with Crippen LogP contribution >= 0.6 is 0 Å². The van der Waals surface area contributed by atoms with Crippen molar-refractivity contribution < 1.29 is 9.53 Å². The number of Topliss-reactive ketones (excluding diaryl/α,β-unsaturated/α-hetero) is 1. The predicted molar refractivity (Wildman–Crippen MR) is 90.6 cm³/mol. The molecule has 1 aromatic heterocycles. The molecule has 1 aromatic rings. The third kappa shape index (κ3) is 4.61. The Balaban J connectivity index is 1.37. The number of aryl methyl sites for hydroxylation is 1. The fraction of sp³-hybridized carbons (Fsp3) is 0.684. The molecule has 2 fully saturated rings. The molecular weight excluding hydrogens is 288 g/mol. The minimum absolute atomic E-state index is 0.174. The molecule has 0 amide bonds. The summed E-state index contributed by atoms with van der Waals surface area (Å²) >= 11 is 0. The number of hydrogen-bond acceptors (Lipinski definition) is 4. The number of likely N-dealkylation sites (tertiary alicyclic amines) is 1. The summed E-state index contributed by atoms with van der Waals surface area (Å²) < 4.78 is 5.30. The van der Waals surface area contributed by atoms with Gasteiger partial charge in [-0.1, -0.05) is 6.07 Å². The van der Waals surface area contributed by atoms with Gasteiger partial charge in [-0.2, -0.15) is 0 Å². The molecule has 1 atom stereocenters. The molecule has 4 nitrogen and oxygen atoms in total. The zero-order valence-electron chi connectivity index (χ0n) is 14.2. The van der Waals surface area contributed by atoms with Gasteiger partial charge >= 0.3 is 0 Å². The molecule has 126 valence electrons. The average molecular weight is 316 g/mol. The van der Waals surface area contributed by atoms with Crippen molar-refractivity contribution in [3.05, 3.63) is 29.6 Å².